The van der Waals surface area contributed by atoms with E-state index in [0.29, 0.717) is 17.4 Å². The molecule has 0 aromatic heterocycles. The smallest absolute Gasteiger partial charge is 0.306 e. The molecule has 0 amide bonds. The molecule has 0 aromatic carbocycles. The van der Waals surface area contributed by atoms with Crippen LogP contribution in [-0.4, -0.2) is 70.0 Å². The van der Waals surface area contributed by atoms with Crippen LogP contribution < -0.4 is 4.89 Å². The second kappa shape index (κ2) is 65.3. The van der Waals surface area contributed by atoms with Crippen LogP contribution in [0.2, 0.25) is 0 Å². The molecule has 0 bridgehead atoms. The van der Waals surface area contributed by atoms with Gasteiger partial charge in [-0.3, -0.25) is 14.2 Å². The maximum absolute atomic E-state index is 12.9. The number of nitrogens with zero attached hydrogens (tertiary/aromatic N) is 1. The summed E-state index contributed by atoms with van der Waals surface area (Å²) in [6, 6.07) is 0. The van der Waals surface area contributed by atoms with Crippen LogP contribution in [0.5, 0.6) is 0 Å². The van der Waals surface area contributed by atoms with Crippen molar-refractivity contribution in [3.63, 3.8) is 0 Å². The largest absolute Gasteiger partial charge is 0.756 e. The Morgan fingerprint density at radius 2 is 0.663 bits per heavy atom. The summed E-state index contributed by atoms with van der Waals surface area (Å²) < 4.78 is 34.3. The summed E-state index contributed by atoms with van der Waals surface area (Å²) in [5.41, 5.74) is 0. The zero-order valence-electron chi connectivity index (χ0n) is 55.7. The molecule has 2 atom stereocenters. The number of ether oxygens (including phenoxy) is 2. The van der Waals surface area contributed by atoms with E-state index in [-0.39, 0.29) is 26.1 Å². The second-order valence-corrected chi connectivity index (χ2v) is 25.2. The molecule has 0 aliphatic heterocycles. The Kier molecular flexibility index (Phi) is 62.2. The highest BCUT2D eigenvalue weighted by Crippen LogP contribution is 2.38. The van der Waals surface area contributed by atoms with E-state index in [1.807, 2.05) is 21.1 Å². The van der Waals surface area contributed by atoms with Crippen LogP contribution in [0.15, 0.2) is 146 Å². The minimum absolute atomic E-state index is 0.0424. The molecule has 0 aromatic rings. The van der Waals surface area contributed by atoms with E-state index < -0.39 is 32.5 Å². The number of hydrogen-bond acceptors (Lipinski definition) is 8. The Bertz CT molecular complexity index is 1960. The quantitative estimate of drug-likeness (QED) is 0.0195. The van der Waals surface area contributed by atoms with Crippen LogP contribution in [-0.2, 0) is 32.7 Å². The van der Waals surface area contributed by atoms with E-state index in [1.54, 1.807) is 0 Å². The van der Waals surface area contributed by atoms with Crippen LogP contribution in [0.3, 0.4) is 0 Å². The molecule has 0 aliphatic carbocycles. The number of esters is 2. The molecular formula is C76H128NO8P. The minimum atomic E-state index is -4.66. The normalized spacial score (nSPS) is 14.1. The Morgan fingerprint density at radius 3 is 0.988 bits per heavy atom. The Balaban J connectivity index is 4.17. The molecule has 9 nitrogen and oxygen atoms in total. The van der Waals surface area contributed by atoms with Gasteiger partial charge in [0, 0.05) is 12.8 Å². The Morgan fingerprint density at radius 1 is 0.372 bits per heavy atom. The number of carbonyl (C=O) groups excluding carboxylic acids is 2. The van der Waals surface area contributed by atoms with Crippen LogP contribution >= 0.6 is 7.82 Å². The summed E-state index contributed by atoms with van der Waals surface area (Å²) in [5.74, 6) is -0.861. The van der Waals surface area contributed by atoms with E-state index >= 15 is 0 Å². The van der Waals surface area contributed by atoms with E-state index in [9.17, 15) is 19.0 Å². The predicted molar refractivity (Wildman–Crippen MR) is 369 cm³/mol. The summed E-state index contributed by atoms with van der Waals surface area (Å²) in [4.78, 5) is 38.1. The number of allylic oxidation sites excluding steroid dienone is 24. The number of carbonyl (C=O) groups is 2. The Labute approximate surface area is 529 Å². The number of rotatable bonds is 62. The first-order valence-corrected chi connectivity index (χ1v) is 36.0. The maximum atomic E-state index is 12.9. The highest BCUT2D eigenvalue weighted by Gasteiger charge is 2.22. The molecule has 0 saturated heterocycles. The molecular weight excluding hydrogens is 1090 g/mol. The summed E-state index contributed by atoms with van der Waals surface area (Å²) >= 11 is 0. The molecule has 0 radical (unpaired) electrons. The van der Waals surface area contributed by atoms with E-state index in [1.165, 1.54) is 116 Å². The first kappa shape index (κ1) is 81.9. The van der Waals surface area contributed by atoms with E-state index in [4.69, 9.17) is 18.5 Å². The molecule has 0 heterocycles. The van der Waals surface area contributed by atoms with Crippen molar-refractivity contribution in [2.24, 2.45) is 0 Å². The lowest BCUT2D eigenvalue weighted by Crippen LogP contribution is -2.37. The van der Waals surface area contributed by atoms with Crippen molar-refractivity contribution in [1.82, 2.24) is 0 Å². The maximum Gasteiger partial charge on any atom is 0.306 e. The van der Waals surface area contributed by atoms with Gasteiger partial charge in [-0.2, -0.15) is 0 Å². The molecule has 490 valence electrons. The number of likely N-dealkylation sites (N-methyl/N-ethyl adjacent to an activating group) is 1. The van der Waals surface area contributed by atoms with Crippen LogP contribution in [0.25, 0.3) is 0 Å². The van der Waals surface area contributed by atoms with Gasteiger partial charge in [-0.1, -0.05) is 282 Å². The summed E-state index contributed by atoms with van der Waals surface area (Å²) in [7, 11) is 1.14. The molecule has 0 N–H and O–H groups in total. The predicted octanol–water partition coefficient (Wildman–Crippen LogP) is 22.0. The SMILES string of the molecule is CC/C=C\C/C=C\C/C=C\C/C=C\C/C=C\C/C=C\C/C=C\C/C=C\C/C=C\CCCCCCCC(=O)OC(COC(=O)CCCCCCCCCCCCCCCC/C=C\C/C=C\C/C=C\CCCCCCC)COP(=O)([O-])OCC[N+](C)(C)C. The van der Waals surface area contributed by atoms with Gasteiger partial charge < -0.3 is 27.9 Å². The zero-order valence-corrected chi connectivity index (χ0v) is 56.6. The molecule has 0 aliphatic rings. The average Bonchev–Trinajstić information content (AvgIpc) is 3.70. The first-order valence-electron chi connectivity index (χ1n) is 34.5. The zero-order chi connectivity index (χ0) is 62.6. The minimum Gasteiger partial charge on any atom is -0.756 e. The van der Waals surface area contributed by atoms with E-state index in [2.05, 4.69) is 160 Å². The molecule has 0 rings (SSSR count). The van der Waals surface area contributed by atoms with Crippen LogP contribution in [0.4, 0.5) is 0 Å². The molecule has 0 saturated carbocycles. The van der Waals surface area contributed by atoms with Gasteiger partial charge in [-0.25, -0.2) is 0 Å². The van der Waals surface area contributed by atoms with Gasteiger partial charge >= 0.3 is 11.9 Å². The van der Waals surface area contributed by atoms with Gasteiger partial charge in [-0.15, -0.1) is 0 Å². The lowest BCUT2D eigenvalue weighted by Gasteiger charge is -2.28. The molecule has 86 heavy (non-hydrogen) atoms. The van der Waals surface area contributed by atoms with Gasteiger partial charge in [0.15, 0.2) is 6.10 Å². The van der Waals surface area contributed by atoms with Crippen molar-refractivity contribution in [3.8, 4) is 0 Å². The third-order valence-corrected chi connectivity index (χ3v) is 15.3. The van der Waals surface area contributed by atoms with Crippen molar-refractivity contribution in [3.05, 3.63) is 146 Å². The number of phosphoric acid groups is 1. The fourth-order valence-corrected chi connectivity index (χ4v) is 9.80. The standard InChI is InChI=1S/C76H128NO8P/c1-6-8-10-12-14-16-18-20-22-24-26-28-30-32-34-36-37-38-39-41-43-45-47-49-51-53-55-57-59-61-63-65-67-69-76(79)85-74(73-84-86(80,81)83-71-70-77(3,4)5)72-82-75(78)68-66-64-62-60-58-56-54-52-50-48-46-44-42-40-35-33-31-29-27-25-23-21-19-17-15-13-11-9-7-2/h8,10,14,16,19-22,25-28,31-34,37-38,41,43,47,49,53,55,74H,6-7,9,11-13,15,17-18,23-24,29-30,35-36,39-40,42,44-46,48,50-52,54,56-73H2,1-5H3/b10-8-,16-14-,21-19-,22-20-,27-25-,28-26-,33-31-,34-32-,38-37-,43-41-,49-47-,55-53-. The van der Waals surface area contributed by atoms with Gasteiger partial charge in [0.05, 0.1) is 27.7 Å². The lowest BCUT2D eigenvalue weighted by atomic mass is 10.0. The summed E-state index contributed by atoms with van der Waals surface area (Å²) in [6.45, 7) is 4.09. The fourth-order valence-electron chi connectivity index (χ4n) is 9.07. The first-order chi connectivity index (χ1) is 42.0. The molecule has 2 unspecified atom stereocenters. The van der Waals surface area contributed by atoms with Crippen LogP contribution in [0, 0.1) is 0 Å². The second-order valence-electron chi connectivity index (χ2n) is 23.8. The summed E-state index contributed by atoms with van der Waals surface area (Å²) in [5, 5.41) is 0. The Hall–Kier alpha value is -4.11. The van der Waals surface area contributed by atoms with Crippen molar-refractivity contribution < 1.29 is 42.1 Å². The lowest BCUT2D eigenvalue weighted by molar-refractivity contribution is -0.870. The van der Waals surface area contributed by atoms with Crippen molar-refractivity contribution >= 4 is 19.8 Å². The van der Waals surface area contributed by atoms with Crippen molar-refractivity contribution in [2.75, 3.05) is 47.5 Å². The number of quaternary nitrogens is 1. The van der Waals surface area contributed by atoms with Gasteiger partial charge in [0.2, 0.25) is 0 Å². The number of unbranched alkanes of at least 4 members (excludes halogenated alkanes) is 24. The van der Waals surface area contributed by atoms with Crippen LogP contribution in [0.1, 0.15) is 271 Å². The topological polar surface area (TPSA) is 111 Å². The third-order valence-electron chi connectivity index (χ3n) is 14.3. The number of phosphoric ester groups is 1. The summed E-state index contributed by atoms with van der Waals surface area (Å²) in [6.07, 6.45) is 96.3. The molecule has 0 spiro atoms. The van der Waals surface area contributed by atoms with Gasteiger partial charge in [0.25, 0.3) is 7.82 Å². The van der Waals surface area contributed by atoms with Crippen molar-refractivity contribution in [1.29, 1.82) is 0 Å². The van der Waals surface area contributed by atoms with Crippen molar-refractivity contribution in [2.45, 2.75) is 277 Å². The van der Waals surface area contributed by atoms with Gasteiger partial charge in [-0.05, 0) is 122 Å². The highest BCUT2D eigenvalue weighted by atomic mass is 31.2. The molecule has 0 fully saturated rings. The molecule has 10 heteroatoms. The monoisotopic (exact) mass is 1210 g/mol. The number of hydrogen-bond donors (Lipinski definition) is 0. The third kappa shape index (κ3) is 69.0. The fraction of sp³-hybridized carbons (Fsp3) is 0.658. The average molecular weight is 1210 g/mol. The highest BCUT2D eigenvalue weighted by molar-refractivity contribution is 7.45. The van der Waals surface area contributed by atoms with Gasteiger partial charge in [0.1, 0.15) is 19.8 Å². The van der Waals surface area contributed by atoms with E-state index in [0.717, 1.165) is 122 Å².